The molecular weight excluding hydrogens is 257 g/mol. The van der Waals surface area contributed by atoms with Crippen molar-refractivity contribution in [2.45, 2.75) is 12.8 Å². The molecule has 0 aliphatic carbocycles. The second-order valence-corrected chi connectivity index (χ2v) is 6.73. The summed E-state index contributed by atoms with van der Waals surface area (Å²) >= 11 is 0. The van der Waals surface area contributed by atoms with Crippen LogP contribution in [0.25, 0.3) is 0 Å². The monoisotopic (exact) mass is 271 g/mol. The summed E-state index contributed by atoms with van der Waals surface area (Å²) in [6, 6.07) is 5.49. The number of hydrogen-bond acceptors (Lipinski definition) is 3. The molecule has 1 heterocycles. The summed E-state index contributed by atoms with van der Waals surface area (Å²) in [5.74, 6) is -0.713. The lowest BCUT2D eigenvalue weighted by molar-refractivity contribution is -0.120. The van der Waals surface area contributed by atoms with Crippen molar-refractivity contribution >= 4 is 21.4 Å². The van der Waals surface area contributed by atoms with Gasteiger partial charge < -0.3 is 5.32 Å². The molecule has 0 bridgehead atoms. The lowest BCUT2D eigenvalue weighted by Gasteiger charge is -2.21. The van der Waals surface area contributed by atoms with Gasteiger partial charge in [-0.2, -0.15) is 0 Å². The molecule has 1 aromatic rings. The predicted octanol–water partition coefficient (Wildman–Crippen LogP) is 1.59. The third-order valence-corrected chi connectivity index (χ3v) is 4.75. The summed E-state index contributed by atoms with van der Waals surface area (Å²) in [7, 11) is -2.96. The van der Waals surface area contributed by atoms with Gasteiger partial charge in [0.2, 0.25) is 5.91 Å². The molecule has 18 heavy (non-hydrogen) atoms. The van der Waals surface area contributed by atoms with Crippen LogP contribution < -0.4 is 5.32 Å². The van der Waals surface area contributed by atoms with Gasteiger partial charge in [-0.15, -0.1) is 0 Å². The van der Waals surface area contributed by atoms with Crippen molar-refractivity contribution in [1.82, 2.24) is 0 Å². The highest BCUT2D eigenvalue weighted by Crippen LogP contribution is 2.20. The van der Waals surface area contributed by atoms with E-state index in [0.29, 0.717) is 18.5 Å². The number of halogens is 1. The van der Waals surface area contributed by atoms with E-state index in [9.17, 15) is 17.6 Å². The smallest absolute Gasteiger partial charge is 0.227 e. The van der Waals surface area contributed by atoms with E-state index in [2.05, 4.69) is 5.32 Å². The molecule has 1 N–H and O–H groups in total. The average molecular weight is 271 g/mol. The Hall–Kier alpha value is -1.43. The molecule has 6 heteroatoms. The number of anilines is 1. The van der Waals surface area contributed by atoms with Gasteiger partial charge in [-0.25, -0.2) is 12.8 Å². The first-order chi connectivity index (χ1) is 8.46. The molecule has 0 spiro atoms. The molecule has 0 atom stereocenters. The SMILES string of the molecule is O=C(Nc1ccc(F)cc1)C1CCS(=O)(=O)CC1. The van der Waals surface area contributed by atoms with Crippen LogP contribution in [0.15, 0.2) is 24.3 Å². The van der Waals surface area contributed by atoms with Crippen molar-refractivity contribution < 1.29 is 17.6 Å². The van der Waals surface area contributed by atoms with Gasteiger partial charge in [-0.3, -0.25) is 4.79 Å². The lowest BCUT2D eigenvalue weighted by atomic mass is 10.0. The number of amides is 1. The molecule has 1 saturated heterocycles. The second kappa shape index (κ2) is 5.06. The fourth-order valence-electron chi connectivity index (χ4n) is 1.93. The Morgan fingerprint density at radius 2 is 1.72 bits per heavy atom. The molecule has 1 aromatic carbocycles. The lowest BCUT2D eigenvalue weighted by Crippen LogP contribution is -2.31. The van der Waals surface area contributed by atoms with Crippen LogP contribution in [0.5, 0.6) is 0 Å². The Balaban J connectivity index is 1.95. The molecule has 1 aliphatic heterocycles. The van der Waals surface area contributed by atoms with E-state index in [1.165, 1.54) is 24.3 Å². The first-order valence-electron chi connectivity index (χ1n) is 5.73. The minimum absolute atomic E-state index is 0.0640. The molecule has 2 rings (SSSR count). The van der Waals surface area contributed by atoms with Crippen LogP contribution in [-0.2, 0) is 14.6 Å². The number of hydrogen-bond donors (Lipinski definition) is 1. The van der Waals surface area contributed by atoms with Gasteiger partial charge in [0.1, 0.15) is 15.7 Å². The molecule has 98 valence electrons. The topological polar surface area (TPSA) is 63.2 Å². The Morgan fingerprint density at radius 1 is 1.17 bits per heavy atom. The van der Waals surface area contributed by atoms with Gasteiger partial charge in [-0.1, -0.05) is 0 Å². The first-order valence-corrected chi connectivity index (χ1v) is 7.55. The highest BCUT2D eigenvalue weighted by atomic mass is 32.2. The summed E-state index contributed by atoms with van der Waals surface area (Å²) in [5.41, 5.74) is 0.523. The van der Waals surface area contributed by atoms with Crippen LogP contribution in [0.2, 0.25) is 0 Å². The highest BCUT2D eigenvalue weighted by molar-refractivity contribution is 7.91. The van der Waals surface area contributed by atoms with Gasteiger partial charge in [0.25, 0.3) is 0 Å². The van der Waals surface area contributed by atoms with Crippen LogP contribution in [0.3, 0.4) is 0 Å². The van der Waals surface area contributed by atoms with E-state index in [-0.39, 0.29) is 29.1 Å². The fraction of sp³-hybridized carbons (Fsp3) is 0.417. The Morgan fingerprint density at radius 3 is 2.28 bits per heavy atom. The van der Waals surface area contributed by atoms with Crippen molar-refractivity contribution in [3.63, 3.8) is 0 Å². The van der Waals surface area contributed by atoms with Gasteiger partial charge in [0, 0.05) is 11.6 Å². The summed E-state index contributed by atoms with van der Waals surface area (Å²) in [6.45, 7) is 0. The molecular formula is C12H14FNO3S. The van der Waals surface area contributed by atoms with E-state index < -0.39 is 9.84 Å². The maximum atomic E-state index is 12.7. The van der Waals surface area contributed by atoms with Crippen LogP contribution in [-0.4, -0.2) is 25.8 Å². The number of benzene rings is 1. The zero-order valence-electron chi connectivity index (χ0n) is 9.73. The van der Waals surface area contributed by atoms with Crippen LogP contribution in [0, 0.1) is 11.7 Å². The Bertz CT molecular complexity index is 525. The molecule has 0 aromatic heterocycles. The maximum absolute atomic E-state index is 12.7. The third-order valence-electron chi connectivity index (χ3n) is 3.04. The number of carbonyl (C=O) groups excluding carboxylic acids is 1. The minimum atomic E-state index is -2.96. The summed E-state index contributed by atoms with van der Waals surface area (Å²) in [5, 5.41) is 2.67. The van der Waals surface area contributed by atoms with Gasteiger partial charge in [0.15, 0.2) is 0 Å². The molecule has 1 aliphatic rings. The van der Waals surface area contributed by atoms with E-state index in [4.69, 9.17) is 0 Å². The molecule has 1 amide bonds. The molecule has 4 nitrogen and oxygen atoms in total. The summed E-state index contributed by atoms with van der Waals surface area (Å²) in [6.07, 6.45) is 0.713. The van der Waals surface area contributed by atoms with Crippen molar-refractivity contribution in [2.75, 3.05) is 16.8 Å². The maximum Gasteiger partial charge on any atom is 0.227 e. The van der Waals surface area contributed by atoms with E-state index in [0.717, 1.165) is 0 Å². The van der Waals surface area contributed by atoms with Gasteiger partial charge in [0.05, 0.1) is 11.5 Å². The standard InChI is InChI=1S/C12H14FNO3S/c13-10-1-3-11(4-2-10)14-12(15)9-5-7-18(16,17)8-6-9/h1-4,9H,5-8H2,(H,14,15). The minimum Gasteiger partial charge on any atom is -0.326 e. The number of rotatable bonds is 2. The van der Waals surface area contributed by atoms with Crippen molar-refractivity contribution in [3.8, 4) is 0 Å². The molecule has 0 unspecified atom stereocenters. The predicted molar refractivity (Wildman–Crippen MR) is 66.4 cm³/mol. The summed E-state index contributed by atoms with van der Waals surface area (Å²) in [4.78, 5) is 11.9. The highest BCUT2D eigenvalue weighted by Gasteiger charge is 2.28. The average Bonchev–Trinajstić information content (AvgIpc) is 2.32. The summed E-state index contributed by atoms with van der Waals surface area (Å²) < 4.78 is 35.2. The molecule has 0 saturated carbocycles. The third kappa shape index (κ3) is 3.29. The van der Waals surface area contributed by atoms with Crippen molar-refractivity contribution in [3.05, 3.63) is 30.1 Å². The van der Waals surface area contributed by atoms with E-state index in [1.807, 2.05) is 0 Å². The number of nitrogens with one attached hydrogen (secondary N) is 1. The Kier molecular flexibility index (Phi) is 3.65. The largest absolute Gasteiger partial charge is 0.326 e. The second-order valence-electron chi connectivity index (χ2n) is 4.42. The molecule has 0 radical (unpaired) electrons. The van der Waals surface area contributed by atoms with E-state index >= 15 is 0 Å². The van der Waals surface area contributed by atoms with Gasteiger partial charge in [-0.05, 0) is 37.1 Å². The quantitative estimate of drug-likeness (QED) is 0.888. The zero-order chi connectivity index (χ0) is 13.2. The Labute approximate surface area is 105 Å². The normalized spacial score (nSPS) is 19.4. The number of carbonyl (C=O) groups is 1. The zero-order valence-corrected chi connectivity index (χ0v) is 10.5. The van der Waals surface area contributed by atoms with Gasteiger partial charge >= 0.3 is 0 Å². The van der Waals surface area contributed by atoms with Crippen molar-refractivity contribution in [2.24, 2.45) is 5.92 Å². The molecule has 1 fully saturated rings. The van der Waals surface area contributed by atoms with Crippen LogP contribution in [0.4, 0.5) is 10.1 Å². The van der Waals surface area contributed by atoms with Crippen LogP contribution >= 0.6 is 0 Å². The fourth-order valence-corrected chi connectivity index (χ4v) is 3.42. The number of sulfone groups is 1. The van der Waals surface area contributed by atoms with Crippen LogP contribution in [0.1, 0.15) is 12.8 Å². The first kappa shape index (κ1) is 13.0. The van der Waals surface area contributed by atoms with Crippen molar-refractivity contribution in [1.29, 1.82) is 0 Å². The van der Waals surface area contributed by atoms with E-state index in [1.54, 1.807) is 0 Å².